The van der Waals surface area contributed by atoms with Crippen molar-refractivity contribution < 1.29 is 29.2 Å². The van der Waals surface area contributed by atoms with Gasteiger partial charge in [0.05, 0.1) is 16.2 Å². The summed E-state index contributed by atoms with van der Waals surface area (Å²) in [5.41, 5.74) is 0.392. The van der Waals surface area contributed by atoms with Gasteiger partial charge in [-0.05, 0) is 17.7 Å². The molecule has 1 amide bonds. The van der Waals surface area contributed by atoms with Crippen molar-refractivity contribution in [3.63, 3.8) is 0 Å². The zero-order chi connectivity index (χ0) is 18.7. The maximum Gasteiger partial charge on any atom is 0.356 e. The molecule has 3 unspecified atom stereocenters. The Balaban J connectivity index is 1.94. The quantitative estimate of drug-likeness (QED) is 0.341. The van der Waals surface area contributed by atoms with Crippen LogP contribution in [0.2, 0.25) is 0 Å². The first-order valence-electron chi connectivity index (χ1n) is 7.29. The van der Waals surface area contributed by atoms with Crippen molar-refractivity contribution in [1.29, 1.82) is 0 Å². The summed E-state index contributed by atoms with van der Waals surface area (Å²) in [6, 6.07) is 5.37. The minimum absolute atomic E-state index is 0.0978. The van der Waals surface area contributed by atoms with Gasteiger partial charge in [0.2, 0.25) is 12.1 Å². The van der Waals surface area contributed by atoms with E-state index in [1.165, 1.54) is 31.2 Å². The zero-order valence-corrected chi connectivity index (χ0v) is 14.3. The number of rotatable bonds is 6. The smallest absolute Gasteiger partial charge is 0.356 e. The van der Waals surface area contributed by atoms with Crippen LogP contribution in [0.5, 0.6) is 0 Å². The lowest BCUT2D eigenvalue weighted by molar-refractivity contribution is -0.384. The van der Waals surface area contributed by atoms with Gasteiger partial charge in [0, 0.05) is 19.1 Å². The number of nitro groups is 1. The molecule has 1 heterocycles. The number of likely N-dealkylation sites (tertiary alicyclic amines) is 1. The number of hydrogen-bond donors (Lipinski definition) is 1. The lowest BCUT2D eigenvalue weighted by Crippen LogP contribution is -2.64. The van der Waals surface area contributed by atoms with E-state index < -0.39 is 34.3 Å². The fourth-order valence-electron chi connectivity index (χ4n) is 2.29. The summed E-state index contributed by atoms with van der Waals surface area (Å²) in [6.45, 7) is 2.72. The topological polar surface area (TPSA) is 127 Å². The molecule has 2 rings (SSSR count). The Labute approximate surface area is 147 Å². The van der Waals surface area contributed by atoms with E-state index in [1.807, 2.05) is 0 Å². The third kappa shape index (κ3) is 4.15. The Kier molecular flexibility index (Phi) is 5.75. The molecule has 3 atom stereocenters. The summed E-state index contributed by atoms with van der Waals surface area (Å²) in [5, 5.41) is 19.7. The van der Waals surface area contributed by atoms with Crippen LogP contribution >= 0.6 is 11.8 Å². The monoisotopic (exact) mass is 368 g/mol. The Morgan fingerprint density at radius 2 is 2.00 bits per heavy atom. The second-order valence-electron chi connectivity index (χ2n) is 5.44. The zero-order valence-electron chi connectivity index (χ0n) is 13.4. The van der Waals surface area contributed by atoms with Crippen molar-refractivity contribution in [2.24, 2.45) is 5.92 Å². The summed E-state index contributed by atoms with van der Waals surface area (Å²) in [5.74, 6) is -1.96. The number of esters is 1. The summed E-state index contributed by atoms with van der Waals surface area (Å²) in [4.78, 5) is 45.9. The molecule has 1 aromatic rings. The highest BCUT2D eigenvalue weighted by atomic mass is 32.2. The number of aliphatic hydroxyl groups excluding tert-OH is 1. The van der Waals surface area contributed by atoms with Crippen LogP contribution in [0.4, 0.5) is 5.69 Å². The average Bonchev–Trinajstić information content (AvgIpc) is 2.58. The first kappa shape index (κ1) is 18.9. The molecule has 0 saturated carbocycles. The molecule has 134 valence electrons. The number of aliphatic hydroxyl groups is 1. The van der Waals surface area contributed by atoms with Crippen LogP contribution in [0.1, 0.15) is 19.4 Å². The van der Waals surface area contributed by atoms with E-state index in [-0.39, 0.29) is 17.4 Å². The normalized spacial score (nSPS) is 20.6. The van der Waals surface area contributed by atoms with Gasteiger partial charge in [-0.1, -0.05) is 18.7 Å². The lowest BCUT2D eigenvalue weighted by Gasteiger charge is -2.45. The fourth-order valence-corrected chi connectivity index (χ4v) is 3.28. The van der Waals surface area contributed by atoms with E-state index in [1.54, 1.807) is 6.92 Å². The fraction of sp³-hybridized carbons (Fsp3) is 0.400. The van der Waals surface area contributed by atoms with Crippen molar-refractivity contribution in [3.8, 4) is 0 Å². The molecular weight excluding hydrogens is 352 g/mol. The maximum atomic E-state index is 11.9. The van der Waals surface area contributed by atoms with Crippen LogP contribution in [0, 0.1) is 16.0 Å². The number of carbonyl (C=O) groups excluding carboxylic acids is 3. The second-order valence-corrected chi connectivity index (χ2v) is 6.73. The van der Waals surface area contributed by atoms with Gasteiger partial charge in [0.1, 0.15) is 6.61 Å². The van der Waals surface area contributed by atoms with E-state index in [4.69, 9.17) is 4.74 Å². The summed E-state index contributed by atoms with van der Waals surface area (Å²) < 4.78 is 4.94. The number of nitro benzene ring substituents is 1. The van der Waals surface area contributed by atoms with Crippen molar-refractivity contribution >= 4 is 34.4 Å². The Morgan fingerprint density at radius 3 is 2.52 bits per heavy atom. The summed E-state index contributed by atoms with van der Waals surface area (Å²) >= 11 is 0.860. The number of non-ortho nitro benzene ring substituents is 1. The predicted molar refractivity (Wildman–Crippen MR) is 87.0 cm³/mol. The van der Waals surface area contributed by atoms with Gasteiger partial charge in [-0.3, -0.25) is 24.6 Å². The largest absolute Gasteiger partial charge is 0.457 e. The number of benzene rings is 1. The maximum absolute atomic E-state index is 11.9. The minimum atomic E-state index is -1.81. The Morgan fingerprint density at radius 1 is 1.40 bits per heavy atom. The molecule has 0 spiro atoms. The molecule has 1 N–H and O–H groups in total. The molecule has 1 aliphatic heterocycles. The number of thioether (sulfide) groups is 1. The highest BCUT2D eigenvalue weighted by molar-refractivity contribution is 8.14. The lowest BCUT2D eigenvalue weighted by atomic mass is 10.0. The van der Waals surface area contributed by atoms with E-state index in [9.17, 15) is 29.6 Å². The number of ether oxygens (including phenoxy) is 1. The molecule has 1 aromatic carbocycles. The number of amides is 1. The molecule has 1 fully saturated rings. The number of carbonyl (C=O) groups is 3. The molecule has 0 aliphatic carbocycles. The third-order valence-electron chi connectivity index (χ3n) is 3.64. The van der Waals surface area contributed by atoms with Gasteiger partial charge in [0.25, 0.3) is 5.69 Å². The Hall–Kier alpha value is -2.46. The number of nitrogens with zero attached hydrogens (tertiary/aromatic N) is 2. The van der Waals surface area contributed by atoms with E-state index >= 15 is 0 Å². The highest BCUT2D eigenvalue weighted by Gasteiger charge is 2.50. The molecule has 25 heavy (non-hydrogen) atoms. The molecule has 1 saturated heterocycles. The third-order valence-corrected chi connectivity index (χ3v) is 4.84. The molecule has 0 aromatic heterocycles. The molecule has 1 aliphatic rings. The second kappa shape index (κ2) is 7.62. The standard InChI is InChI=1S/C15H16N2O7S/c1-8-12(19)16(14(8)25-9(2)18)13(20)15(21)24-7-10-3-5-11(6-4-10)17(22)23/h3-6,8,13-14,20H,7H2,1-2H3. The van der Waals surface area contributed by atoms with Crippen LogP contribution in [0.25, 0.3) is 0 Å². The van der Waals surface area contributed by atoms with Crippen LogP contribution in [-0.2, 0) is 25.7 Å². The SMILES string of the molecule is CC(=O)SC1C(C)C(=O)N1C(O)C(=O)OCc1ccc([N+](=O)[O-])cc1. The molecular formula is C15H16N2O7S. The minimum Gasteiger partial charge on any atom is -0.457 e. The number of hydrogen-bond acceptors (Lipinski definition) is 8. The van der Waals surface area contributed by atoms with E-state index in [0.717, 1.165) is 16.7 Å². The molecule has 9 nitrogen and oxygen atoms in total. The van der Waals surface area contributed by atoms with Gasteiger partial charge in [-0.15, -0.1) is 0 Å². The first-order valence-corrected chi connectivity index (χ1v) is 8.17. The van der Waals surface area contributed by atoms with Gasteiger partial charge in [0.15, 0.2) is 5.12 Å². The summed E-state index contributed by atoms with van der Waals surface area (Å²) in [6.07, 6.45) is -1.81. The van der Waals surface area contributed by atoms with Crippen LogP contribution in [0.3, 0.4) is 0 Å². The first-order chi connectivity index (χ1) is 11.7. The van der Waals surface area contributed by atoms with E-state index in [0.29, 0.717) is 5.56 Å². The molecule has 0 radical (unpaired) electrons. The molecule has 0 bridgehead atoms. The average molecular weight is 368 g/mol. The Bertz CT molecular complexity index is 706. The summed E-state index contributed by atoms with van der Waals surface area (Å²) in [7, 11) is 0. The van der Waals surface area contributed by atoms with Crippen molar-refractivity contribution in [2.75, 3.05) is 0 Å². The van der Waals surface area contributed by atoms with Crippen LogP contribution in [0.15, 0.2) is 24.3 Å². The van der Waals surface area contributed by atoms with E-state index in [2.05, 4.69) is 0 Å². The van der Waals surface area contributed by atoms with Gasteiger partial charge < -0.3 is 9.84 Å². The van der Waals surface area contributed by atoms with Crippen molar-refractivity contribution in [2.45, 2.75) is 32.1 Å². The number of β-lactam (4-membered cyclic amide) rings is 1. The van der Waals surface area contributed by atoms with Crippen LogP contribution in [-0.4, -0.2) is 43.5 Å². The van der Waals surface area contributed by atoms with Gasteiger partial charge >= 0.3 is 5.97 Å². The van der Waals surface area contributed by atoms with Crippen molar-refractivity contribution in [3.05, 3.63) is 39.9 Å². The predicted octanol–water partition coefficient (Wildman–Crippen LogP) is 1.04. The van der Waals surface area contributed by atoms with Crippen LogP contribution < -0.4 is 0 Å². The molecule has 10 heteroatoms. The van der Waals surface area contributed by atoms with Gasteiger partial charge in [-0.2, -0.15) is 0 Å². The van der Waals surface area contributed by atoms with Gasteiger partial charge in [-0.25, -0.2) is 4.79 Å². The highest BCUT2D eigenvalue weighted by Crippen LogP contribution is 2.36. The van der Waals surface area contributed by atoms with Crippen molar-refractivity contribution in [1.82, 2.24) is 4.90 Å².